The summed E-state index contributed by atoms with van der Waals surface area (Å²) in [4.78, 5) is 37.4. The highest BCUT2D eigenvalue weighted by atomic mass is 31.2. The largest absolute Gasteiger partial charge is 0.756 e. The van der Waals surface area contributed by atoms with E-state index in [1.165, 1.54) is 32.1 Å². The van der Waals surface area contributed by atoms with Crippen LogP contribution in [-0.2, 0) is 32.7 Å². The first-order valence-corrected chi connectivity index (χ1v) is 22.3. The number of allylic oxidation sites excluding steroid dienone is 14. The van der Waals surface area contributed by atoms with Gasteiger partial charge in [-0.15, -0.1) is 0 Å². The van der Waals surface area contributed by atoms with Crippen LogP contribution >= 0.6 is 7.82 Å². The highest BCUT2D eigenvalue weighted by Gasteiger charge is 2.21. The zero-order valence-electron chi connectivity index (χ0n) is 35.1. The van der Waals surface area contributed by atoms with E-state index in [1.807, 2.05) is 57.6 Å². The number of likely N-dealkylation sites (N-methyl/N-ethyl adjacent to an activating group) is 1. The molecule has 0 saturated carbocycles. The summed E-state index contributed by atoms with van der Waals surface area (Å²) in [5.41, 5.74) is 0. The first-order valence-electron chi connectivity index (χ1n) is 20.9. The minimum Gasteiger partial charge on any atom is -0.756 e. The smallest absolute Gasteiger partial charge is 0.306 e. The Morgan fingerprint density at radius 3 is 1.56 bits per heavy atom. The molecule has 0 aromatic carbocycles. The second-order valence-corrected chi connectivity index (χ2v) is 16.2. The van der Waals surface area contributed by atoms with Gasteiger partial charge in [0.15, 0.2) is 6.10 Å². The van der Waals surface area contributed by atoms with E-state index in [0.717, 1.165) is 64.2 Å². The van der Waals surface area contributed by atoms with Crippen molar-refractivity contribution < 1.29 is 42.1 Å². The summed E-state index contributed by atoms with van der Waals surface area (Å²) < 4.78 is 33.7. The van der Waals surface area contributed by atoms with Gasteiger partial charge < -0.3 is 27.9 Å². The highest BCUT2D eigenvalue weighted by Crippen LogP contribution is 2.38. The lowest BCUT2D eigenvalue weighted by Crippen LogP contribution is -2.37. The highest BCUT2D eigenvalue weighted by molar-refractivity contribution is 7.45. The van der Waals surface area contributed by atoms with E-state index in [0.29, 0.717) is 23.9 Å². The molecule has 0 amide bonds. The molecule has 0 heterocycles. The minimum absolute atomic E-state index is 0.0475. The third-order valence-electron chi connectivity index (χ3n) is 8.31. The standard InChI is InChI=1S/C45H76NO8P/c1-6-8-10-12-14-16-18-20-21-22-23-24-26-27-29-31-33-35-37-44(47)51-41-43(42-53-55(49,50)52-40-39-46(3,4)5)54-45(48)38-36-34-32-30-28-25-19-17-15-13-11-9-7-2/h9,11,13,15,17-25,28,43H,6-8,10,12,14,16,26-27,29-42H2,1-5H3/b11-9+,15-13+,19-17+,20-18+,22-21+,24-23+,28-25+. The van der Waals surface area contributed by atoms with E-state index < -0.39 is 32.5 Å². The van der Waals surface area contributed by atoms with E-state index in [-0.39, 0.29) is 26.1 Å². The number of phosphoric ester groups is 1. The molecule has 0 aromatic rings. The Labute approximate surface area is 335 Å². The Balaban J connectivity index is 4.50. The lowest BCUT2D eigenvalue weighted by atomic mass is 10.1. The summed E-state index contributed by atoms with van der Waals surface area (Å²) in [6, 6.07) is 0. The van der Waals surface area contributed by atoms with Crippen LogP contribution in [0.4, 0.5) is 0 Å². The van der Waals surface area contributed by atoms with Crippen molar-refractivity contribution in [3.05, 3.63) is 85.1 Å². The molecule has 0 fully saturated rings. The molecule has 9 nitrogen and oxygen atoms in total. The number of phosphoric acid groups is 1. The number of nitrogens with zero attached hydrogens (tertiary/aromatic N) is 1. The molecule has 2 unspecified atom stereocenters. The third-order valence-corrected chi connectivity index (χ3v) is 9.27. The quantitative estimate of drug-likeness (QED) is 0.0203. The van der Waals surface area contributed by atoms with Gasteiger partial charge in [-0.25, -0.2) is 0 Å². The number of hydrogen-bond acceptors (Lipinski definition) is 8. The van der Waals surface area contributed by atoms with Crippen molar-refractivity contribution >= 4 is 19.8 Å². The fourth-order valence-corrected chi connectivity index (χ4v) is 5.75. The van der Waals surface area contributed by atoms with Gasteiger partial charge in [-0.05, 0) is 57.8 Å². The summed E-state index contributed by atoms with van der Waals surface area (Å²) in [6.45, 7) is 3.96. The van der Waals surface area contributed by atoms with Crippen LogP contribution in [-0.4, -0.2) is 70.0 Å². The lowest BCUT2D eigenvalue weighted by Gasteiger charge is -2.28. The van der Waals surface area contributed by atoms with Gasteiger partial charge in [0.2, 0.25) is 0 Å². The zero-order chi connectivity index (χ0) is 40.7. The average molecular weight is 790 g/mol. The molecule has 0 aromatic heterocycles. The van der Waals surface area contributed by atoms with Gasteiger partial charge in [0, 0.05) is 12.8 Å². The van der Waals surface area contributed by atoms with Crippen LogP contribution < -0.4 is 4.89 Å². The molecule has 0 spiro atoms. The second kappa shape index (κ2) is 36.8. The zero-order valence-corrected chi connectivity index (χ0v) is 36.0. The van der Waals surface area contributed by atoms with E-state index in [4.69, 9.17) is 18.5 Å². The molecule has 10 heteroatoms. The maximum atomic E-state index is 12.6. The van der Waals surface area contributed by atoms with Crippen LogP contribution in [0.25, 0.3) is 0 Å². The predicted molar refractivity (Wildman–Crippen MR) is 226 cm³/mol. The molecule has 2 atom stereocenters. The van der Waals surface area contributed by atoms with Gasteiger partial charge in [-0.2, -0.15) is 0 Å². The normalized spacial score (nSPS) is 14.5. The minimum atomic E-state index is -4.64. The number of carbonyl (C=O) groups is 2. The van der Waals surface area contributed by atoms with Crippen molar-refractivity contribution in [3.8, 4) is 0 Å². The van der Waals surface area contributed by atoms with E-state index in [2.05, 4.69) is 62.5 Å². The molecular formula is C45H76NO8P. The third kappa shape index (κ3) is 40.7. The van der Waals surface area contributed by atoms with Crippen LogP contribution in [0.5, 0.6) is 0 Å². The van der Waals surface area contributed by atoms with Gasteiger partial charge >= 0.3 is 11.9 Å². The van der Waals surface area contributed by atoms with E-state index in [1.54, 1.807) is 0 Å². The molecular weight excluding hydrogens is 713 g/mol. The Morgan fingerprint density at radius 1 is 0.582 bits per heavy atom. The van der Waals surface area contributed by atoms with E-state index in [9.17, 15) is 19.0 Å². The second-order valence-electron chi connectivity index (χ2n) is 14.8. The fraction of sp³-hybridized carbons (Fsp3) is 0.644. The van der Waals surface area contributed by atoms with Gasteiger partial charge in [0.05, 0.1) is 27.7 Å². The molecule has 0 aliphatic heterocycles. The summed E-state index contributed by atoms with van der Waals surface area (Å²) in [5.74, 6) is -0.914. The van der Waals surface area contributed by atoms with Crippen LogP contribution in [0.2, 0.25) is 0 Å². The van der Waals surface area contributed by atoms with Gasteiger partial charge in [0.1, 0.15) is 19.8 Å². The van der Waals surface area contributed by atoms with Crippen molar-refractivity contribution in [2.75, 3.05) is 47.5 Å². The predicted octanol–water partition coefficient (Wildman–Crippen LogP) is 11.0. The molecule has 0 saturated heterocycles. The van der Waals surface area contributed by atoms with Gasteiger partial charge in [-0.1, -0.05) is 150 Å². The maximum absolute atomic E-state index is 12.6. The summed E-state index contributed by atoms with van der Waals surface area (Å²) in [7, 11) is 1.11. The maximum Gasteiger partial charge on any atom is 0.306 e. The number of carbonyl (C=O) groups excluding carboxylic acids is 2. The monoisotopic (exact) mass is 790 g/mol. The molecule has 0 radical (unpaired) electrons. The first-order chi connectivity index (χ1) is 26.5. The summed E-state index contributed by atoms with van der Waals surface area (Å²) >= 11 is 0. The topological polar surface area (TPSA) is 111 Å². The lowest BCUT2D eigenvalue weighted by molar-refractivity contribution is -0.870. The Bertz CT molecular complexity index is 1210. The Hall–Kier alpha value is -2.81. The fourth-order valence-electron chi connectivity index (χ4n) is 5.02. The van der Waals surface area contributed by atoms with Crippen LogP contribution in [0.1, 0.15) is 136 Å². The average Bonchev–Trinajstić information content (AvgIpc) is 3.13. The number of ether oxygens (including phenoxy) is 2. The molecule has 0 aliphatic rings. The van der Waals surface area contributed by atoms with E-state index >= 15 is 0 Å². The summed E-state index contributed by atoms with van der Waals surface area (Å²) in [6.07, 6.45) is 46.1. The number of unbranched alkanes of at least 4 members (excludes halogenated alkanes) is 13. The molecule has 0 bridgehead atoms. The van der Waals surface area contributed by atoms with Crippen LogP contribution in [0.3, 0.4) is 0 Å². The van der Waals surface area contributed by atoms with Crippen molar-refractivity contribution in [1.29, 1.82) is 0 Å². The molecule has 0 aliphatic carbocycles. The number of quaternary nitrogens is 1. The van der Waals surface area contributed by atoms with Crippen molar-refractivity contribution in [2.24, 2.45) is 0 Å². The molecule has 0 N–H and O–H groups in total. The molecule has 55 heavy (non-hydrogen) atoms. The number of rotatable bonds is 36. The Morgan fingerprint density at radius 2 is 1.04 bits per heavy atom. The molecule has 314 valence electrons. The van der Waals surface area contributed by atoms with Crippen LogP contribution in [0, 0.1) is 0 Å². The van der Waals surface area contributed by atoms with Gasteiger partial charge in [0.25, 0.3) is 7.82 Å². The van der Waals surface area contributed by atoms with Gasteiger partial charge in [-0.3, -0.25) is 14.2 Å². The first kappa shape index (κ1) is 52.2. The number of esters is 2. The van der Waals surface area contributed by atoms with Crippen molar-refractivity contribution in [2.45, 2.75) is 142 Å². The van der Waals surface area contributed by atoms with Crippen LogP contribution in [0.15, 0.2) is 85.1 Å². The SMILES string of the molecule is CC/C=C/C=C/C=C/C=C/CCCCCC(=O)OC(COC(=O)CCCCCCC/C=C/C=C/C=C/CCCCCCC)COP(=O)([O-])OCC[N+](C)(C)C. The van der Waals surface area contributed by atoms with Crippen molar-refractivity contribution in [1.82, 2.24) is 0 Å². The molecule has 0 rings (SSSR count). The number of hydrogen-bond donors (Lipinski definition) is 0. The Kier molecular flexibility index (Phi) is 34.9. The van der Waals surface area contributed by atoms with Crippen molar-refractivity contribution in [3.63, 3.8) is 0 Å². The summed E-state index contributed by atoms with van der Waals surface area (Å²) in [5, 5.41) is 0.